The lowest BCUT2D eigenvalue weighted by Gasteiger charge is -2.29. The molecule has 0 unspecified atom stereocenters. The minimum atomic E-state index is -0.535. The van der Waals surface area contributed by atoms with E-state index in [2.05, 4.69) is 20.9 Å². The van der Waals surface area contributed by atoms with Crippen LogP contribution in [-0.2, 0) is 11.2 Å². The van der Waals surface area contributed by atoms with E-state index >= 15 is 0 Å². The summed E-state index contributed by atoms with van der Waals surface area (Å²) >= 11 is 0. The smallest absolute Gasteiger partial charge is 0.408 e. The van der Waals surface area contributed by atoms with Gasteiger partial charge in [0.05, 0.1) is 19.8 Å². The number of guanidine groups is 1. The summed E-state index contributed by atoms with van der Waals surface area (Å²) in [5, 5.41) is 9.36. The Morgan fingerprint density at radius 2 is 1.73 bits per heavy atom. The van der Waals surface area contributed by atoms with Gasteiger partial charge in [-0.15, -0.1) is 24.0 Å². The van der Waals surface area contributed by atoms with Crippen LogP contribution in [0.1, 0.15) is 40.2 Å². The molecule has 3 N–H and O–H groups in total. The molecule has 0 aliphatic rings. The van der Waals surface area contributed by atoms with E-state index in [1.165, 1.54) is 0 Å². The minimum absolute atomic E-state index is 0. The van der Waals surface area contributed by atoms with Crippen molar-refractivity contribution in [2.45, 2.75) is 52.2 Å². The van der Waals surface area contributed by atoms with Gasteiger partial charge in [-0.05, 0) is 64.8 Å². The van der Waals surface area contributed by atoms with Gasteiger partial charge in [0.2, 0.25) is 0 Å². The fraction of sp³-hybridized carbons (Fsp3) is 0.619. The van der Waals surface area contributed by atoms with Crippen molar-refractivity contribution in [3.63, 3.8) is 0 Å². The monoisotopic (exact) mass is 536 g/mol. The third-order valence-corrected chi connectivity index (χ3v) is 3.94. The molecule has 0 radical (unpaired) electrons. The molecule has 1 aromatic carbocycles. The van der Waals surface area contributed by atoms with Gasteiger partial charge in [0.1, 0.15) is 17.1 Å². The second-order valence-corrected chi connectivity index (χ2v) is 8.29. The lowest BCUT2D eigenvalue weighted by molar-refractivity contribution is 0.0474. The zero-order chi connectivity index (χ0) is 22.1. The quantitative estimate of drug-likeness (QED) is 0.268. The molecule has 0 spiro atoms. The third-order valence-electron chi connectivity index (χ3n) is 3.94. The molecule has 0 atom stereocenters. The molecule has 0 aliphatic carbocycles. The van der Waals surface area contributed by atoms with Gasteiger partial charge in [-0.1, -0.05) is 0 Å². The first-order valence-electron chi connectivity index (χ1n) is 9.66. The summed E-state index contributed by atoms with van der Waals surface area (Å²) in [7, 11) is 5.00. The van der Waals surface area contributed by atoms with Crippen molar-refractivity contribution < 1.29 is 19.0 Å². The highest BCUT2D eigenvalue weighted by molar-refractivity contribution is 14.0. The Kier molecular flexibility index (Phi) is 11.9. The zero-order valence-corrected chi connectivity index (χ0v) is 21.7. The van der Waals surface area contributed by atoms with Crippen molar-refractivity contribution in [3.8, 4) is 11.5 Å². The summed E-state index contributed by atoms with van der Waals surface area (Å²) in [4.78, 5) is 16.2. The summed E-state index contributed by atoms with van der Waals surface area (Å²) in [5.41, 5.74) is -0.00998. The number of hydrogen-bond donors (Lipinski definition) is 3. The fourth-order valence-electron chi connectivity index (χ4n) is 2.54. The second kappa shape index (κ2) is 12.7. The first-order valence-corrected chi connectivity index (χ1v) is 9.66. The molecule has 172 valence electrons. The summed E-state index contributed by atoms with van der Waals surface area (Å²) in [6.45, 7) is 10.5. The Morgan fingerprint density at radius 1 is 1.07 bits per heavy atom. The molecule has 9 heteroatoms. The van der Waals surface area contributed by atoms with E-state index in [1.807, 2.05) is 52.8 Å². The van der Waals surface area contributed by atoms with Gasteiger partial charge in [0, 0.05) is 20.1 Å². The maximum absolute atomic E-state index is 12.0. The number of benzene rings is 1. The van der Waals surface area contributed by atoms with Gasteiger partial charge in [0.15, 0.2) is 5.96 Å². The van der Waals surface area contributed by atoms with Crippen LogP contribution in [0.5, 0.6) is 11.5 Å². The Morgan fingerprint density at radius 3 is 2.27 bits per heavy atom. The molecule has 0 saturated carbocycles. The maximum Gasteiger partial charge on any atom is 0.408 e. The predicted octanol–water partition coefficient (Wildman–Crippen LogP) is 3.33. The van der Waals surface area contributed by atoms with Gasteiger partial charge < -0.3 is 30.2 Å². The van der Waals surface area contributed by atoms with Crippen LogP contribution in [0.25, 0.3) is 0 Å². The third kappa shape index (κ3) is 10.7. The van der Waals surface area contributed by atoms with E-state index in [9.17, 15) is 4.79 Å². The zero-order valence-electron chi connectivity index (χ0n) is 19.3. The summed E-state index contributed by atoms with van der Waals surface area (Å²) in [6.07, 6.45) is 0.290. The van der Waals surface area contributed by atoms with E-state index < -0.39 is 17.2 Å². The average molecular weight is 536 g/mol. The van der Waals surface area contributed by atoms with Gasteiger partial charge in [0.25, 0.3) is 0 Å². The van der Waals surface area contributed by atoms with Crippen LogP contribution >= 0.6 is 24.0 Å². The van der Waals surface area contributed by atoms with Crippen LogP contribution in [0.4, 0.5) is 4.79 Å². The lowest BCUT2D eigenvalue weighted by atomic mass is 10.1. The Balaban J connectivity index is 0.00000841. The molecule has 1 amide bonds. The molecule has 0 heterocycles. The van der Waals surface area contributed by atoms with E-state index in [-0.39, 0.29) is 24.0 Å². The number of methoxy groups -OCH3 is 2. The molecule has 1 aromatic rings. The maximum atomic E-state index is 12.0. The molecule has 0 fully saturated rings. The highest BCUT2D eigenvalue weighted by Gasteiger charge is 2.24. The van der Waals surface area contributed by atoms with Crippen molar-refractivity contribution >= 4 is 36.0 Å². The number of nitrogens with one attached hydrogen (secondary N) is 3. The molecule has 1 rings (SSSR count). The number of aliphatic imine (C=N–C) groups is 1. The van der Waals surface area contributed by atoms with E-state index in [0.29, 0.717) is 19.0 Å². The number of hydrogen-bond acceptors (Lipinski definition) is 5. The predicted molar refractivity (Wildman–Crippen MR) is 131 cm³/mol. The van der Waals surface area contributed by atoms with Crippen LogP contribution in [0.15, 0.2) is 23.2 Å². The number of rotatable bonds is 8. The number of ether oxygens (including phenoxy) is 3. The Labute approximate surface area is 197 Å². The first kappa shape index (κ1) is 28.1. The number of halogens is 1. The molecule has 0 aliphatic heterocycles. The van der Waals surface area contributed by atoms with Crippen LogP contribution in [0, 0.1) is 0 Å². The minimum Gasteiger partial charge on any atom is -0.497 e. The fourth-order valence-corrected chi connectivity index (χ4v) is 2.54. The second-order valence-electron chi connectivity index (χ2n) is 8.29. The molecule has 0 bridgehead atoms. The summed E-state index contributed by atoms with van der Waals surface area (Å²) in [6, 6.07) is 5.73. The average Bonchev–Trinajstić information content (AvgIpc) is 2.62. The van der Waals surface area contributed by atoms with Gasteiger partial charge >= 0.3 is 6.09 Å². The number of carbonyl (C=O) groups is 1. The van der Waals surface area contributed by atoms with Crippen molar-refractivity contribution in [1.29, 1.82) is 0 Å². The van der Waals surface area contributed by atoms with Gasteiger partial charge in [-0.3, -0.25) is 4.99 Å². The number of alkyl carbamates (subject to hydrolysis) is 1. The first-order chi connectivity index (χ1) is 13.5. The Hall–Kier alpha value is -1.91. The topological polar surface area (TPSA) is 93.2 Å². The molecule has 0 aromatic heterocycles. The van der Waals surface area contributed by atoms with Gasteiger partial charge in [-0.2, -0.15) is 0 Å². The van der Waals surface area contributed by atoms with E-state index in [0.717, 1.165) is 23.5 Å². The molecular weight excluding hydrogens is 499 g/mol. The largest absolute Gasteiger partial charge is 0.497 e. The molecule has 8 nitrogen and oxygen atoms in total. The molecule has 30 heavy (non-hydrogen) atoms. The lowest BCUT2D eigenvalue weighted by Crippen LogP contribution is -2.54. The standard InChI is InChI=1S/C21H36N4O4.HI/c1-20(2,3)29-19(26)25-21(4,5)14-24-18(22-6)23-12-11-15-13-16(27-7)9-10-17(15)28-8;/h9-10,13H,11-12,14H2,1-8H3,(H,25,26)(H2,22,23,24);1H. The number of nitrogens with zero attached hydrogens (tertiary/aromatic N) is 1. The van der Waals surface area contributed by atoms with Crippen molar-refractivity contribution in [1.82, 2.24) is 16.0 Å². The summed E-state index contributed by atoms with van der Waals surface area (Å²) in [5.74, 6) is 2.25. The summed E-state index contributed by atoms with van der Waals surface area (Å²) < 4.78 is 16.0. The highest BCUT2D eigenvalue weighted by Crippen LogP contribution is 2.24. The number of amides is 1. The van der Waals surface area contributed by atoms with Crippen molar-refractivity contribution in [2.24, 2.45) is 4.99 Å². The van der Waals surface area contributed by atoms with Crippen LogP contribution in [-0.4, -0.2) is 57.5 Å². The highest BCUT2D eigenvalue weighted by atomic mass is 127. The SMILES string of the molecule is CN=C(NCCc1cc(OC)ccc1OC)NCC(C)(C)NC(=O)OC(C)(C)C.I. The normalized spacial score (nSPS) is 11.8. The van der Waals surface area contributed by atoms with E-state index in [1.54, 1.807) is 21.3 Å². The molecular formula is C21H37IN4O4. The van der Waals surface area contributed by atoms with Crippen molar-refractivity contribution in [2.75, 3.05) is 34.4 Å². The Bertz CT molecular complexity index is 703. The molecule has 0 saturated heterocycles. The van der Waals surface area contributed by atoms with Crippen molar-refractivity contribution in [3.05, 3.63) is 23.8 Å². The van der Waals surface area contributed by atoms with E-state index in [4.69, 9.17) is 14.2 Å². The van der Waals surface area contributed by atoms with Crippen LogP contribution < -0.4 is 25.4 Å². The van der Waals surface area contributed by atoms with Crippen LogP contribution in [0.3, 0.4) is 0 Å². The van der Waals surface area contributed by atoms with Gasteiger partial charge in [-0.25, -0.2) is 4.79 Å². The van der Waals surface area contributed by atoms with Crippen LogP contribution in [0.2, 0.25) is 0 Å². The number of carbonyl (C=O) groups excluding carboxylic acids is 1.